The van der Waals surface area contributed by atoms with E-state index >= 15 is 0 Å². The maximum atomic E-state index is 2.37. The zero-order valence-corrected chi connectivity index (χ0v) is 34.4. The zero-order valence-electron chi connectivity index (χ0n) is 34.4. The molecule has 60 heavy (non-hydrogen) atoms. The molecule has 0 unspecified atom stereocenters. The van der Waals surface area contributed by atoms with Crippen LogP contribution in [-0.2, 0) is 0 Å². The molecule has 3 aliphatic rings. The molecule has 0 radical (unpaired) electrons. The Balaban J connectivity index is 0.899. The molecular formula is C54H48N6. The van der Waals surface area contributed by atoms with E-state index in [9.17, 15) is 0 Å². The Bertz CT molecular complexity index is 2430. The van der Waals surface area contributed by atoms with Crippen LogP contribution in [0, 0.1) is 0 Å². The fourth-order valence-electron chi connectivity index (χ4n) is 8.67. The Kier molecular flexibility index (Phi) is 9.66. The molecule has 0 N–H and O–H groups in total. The van der Waals surface area contributed by atoms with Gasteiger partial charge in [-0.05, 0) is 124 Å². The fourth-order valence-corrected chi connectivity index (χ4v) is 8.67. The van der Waals surface area contributed by atoms with Crippen LogP contribution in [-0.4, -0.2) is 41.1 Å². The van der Waals surface area contributed by atoms with Crippen molar-refractivity contribution in [2.24, 2.45) is 0 Å². The van der Waals surface area contributed by atoms with Gasteiger partial charge in [0, 0.05) is 38.2 Å². The van der Waals surface area contributed by atoms with E-state index in [4.69, 9.17) is 0 Å². The van der Waals surface area contributed by atoms with Crippen molar-refractivity contribution in [1.82, 2.24) is 0 Å². The number of hydrogen-bond donors (Lipinski definition) is 0. The molecule has 6 heteroatoms. The predicted molar refractivity (Wildman–Crippen MR) is 258 cm³/mol. The number of anilines is 9. The summed E-state index contributed by atoms with van der Waals surface area (Å²) in [6.07, 6.45) is 13.3. The third kappa shape index (κ3) is 7.29. The van der Waals surface area contributed by atoms with E-state index in [1.807, 2.05) is 0 Å². The average molecular weight is 781 g/mol. The summed E-state index contributed by atoms with van der Waals surface area (Å²) in [7, 11) is 6.44. The first-order valence-electron chi connectivity index (χ1n) is 20.7. The van der Waals surface area contributed by atoms with E-state index < -0.39 is 0 Å². The number of fused-ring (bicyclic) bond motifs is 3. The number of hydrogen-bond acceptors (Lipinski definition) is 6. The fraction of sp³-hybridized carbons (Fsp3) is 0.111. The van der Waals surface area contributed by atoms with E-state index in [-0.39, 0.29) is 0 Å². The summed E-state index contributed by atoms with van der Waals surface area (Å²) in [5.74, 6) is 0. The van der Waals surface area contributed by atoms with Crippen LogP contribution in [0.3, 0.4) is 0 Å². The van der Waals surface area contributed by atoms with Gasteiger partial charge in [-0.3, -0.25) is 0 Å². The molecule has 0 spiro atoms. The highest BCUT2D eigenvalue weighted by molar-refractivity contribution is 5.86. The van der Waals surface area contributed by atoms with E-state index in [0.29, 0.717) is 0 Å². The van der Waals surface area contributed by atoms with Crippen molar-refractivity contribution in [2.45, 2.75) is 0 Å². The molecule has 0 aromatic heterocycles. The second-order valence-electron chi connectivity index (χ2n) is 16.0. The van der Waals surface area contributed by atoms with E-state index in [0.717, 1.165) is 53.4 Å². The molecule has 7 aromatic carbocycles. The summed E-state index contributed by atoms with van der Waals surface area (Å²) in [6.45, 7) is 2.53. The molecule has 0 saturated heterocycles. The van der Waals surface area contributed by atoms with E-state index in [1.54, 1.807) is 0 Å². The van der Waals surface area contributed by atoms with Gasteiger partial charge in [0.25, 0.3) is 0 Å². The van der Waals surface area contributed by atoms with Gasteiger partial charge in [-0.1, -0.05) is 109 Å². The lowest BCUT2D eigenvalue weighted by atomic mass is 10.0. The van der Waals surface area contributed by atoms with Crippen molar-refractivity contribution in [3.05, 3.63) is 197 Å². The van der Waals surface area contributed by atoms with Crippen molar-refractivity contribution in [2.75, 3.05) is 70.5 Å². The summed E-state index contributed by atoms with van der Waals surface area (Å²) in [5.41, 5.74) is 18.0. The molecule has 0 fully saturated rings. The van der Waals surface area contributed by atoms with Gasteiger partial charge in [-0.2, -0.15) is 0 Å². The van der Waals surface area contributed by atoms with Gasteiger partial charge in [-0.25, -0.2) is 0 Å². The number of benzene rings is 7. The zero-order chi connectivity index (χ0) is 40.6. The van der Waals surface area contributed by atoms with Crippen LogP contribution >= 0.6 is 0 Å². The van der Waals surface area contributed by atoms with Gasteiger partial charge < -0.3 is 29.4 Å². The number of rotatable bonds is 9. The highest BCUT2D eigenvalue weighted by atomic mass is 15.4. The summed E-state index contributed by atoms with van der Waals surface area (Å²) in [6, 6.07) is 59.2. The van der Waals surface area contributed by atoms with E-state index in [2.05, 4.69) is 251 Å². The maximum absolute atomic E-state index is 2.37. The van der Waals surface area contributed by atoms with Crippen LogP contribution in [0.1, 0.15) is 33.4 Å². The molecule has 0 amide bonds. The first-order chi connectivity index (χ1) is 29.4. The topological polar surface area (TPSA) is 19.4 Å². The van der Waals surface area contributed by atoms with E-state index in [1.165, 1.54) is 51.2 Å². The van der Waals surface area contributed by atoms with Crippen molar-refractivity contribution in [3.8, 4) is 0 Å². The van der Waals surface area contributed by atoms with Crippen molar-refractivity contribution < 1.29 is 0 Å². The largest absolute Gasteiger partial charge is 0.355 e. The Hall–Kier alpha value is -7.44. The molecule has 0 bridgehead atoms. The molecule has 3 aliphatic heterocycles. The highest BCUT2D eigenvalue weighted by Crippen LogP contribution is 2.42. The minimum atomic E-state index is 0.842. The number of nitrogens with zero attached hydrogens (tertiary/aromatic N) is 6. The Morgan fingerprint density at radius 1 is 0.283 bits per heavy atom. The molecule has 0 atom stereocenters. The lowest BCUT2D eigenvalue weighted by Gasteiger charge is -2.19. The molecule has 0 saturated carbocycles. The summed E-state index contributed by atoms with van der Waals surface area (Å²) < 4.78 is 0. The molecule has 0 aliphatic carbocycles. The Morgan fingerprint density at radius 2 is 0.517 bits per heavy atom. The lowest BCUT2D eigenvalue weighted by molar-refractivity contribution is 0.950. The third-order valence-electron chi connectivity index (χ3n) is 11.8. The van der Waals surface area contributed by atoms with Crippen molar-refractivity contribution >= 4 is 87.6 Å². The molecule has 10 rings (SSSR count). The Morgan fingerprint density at radius 3 is 0.783 bits per heavy atom. The van der Waals surface area contributed by atoms with Crippen molar-refractivity contribution in [3.63, 3.8) is 0 Å². The van der Waals surface area contributed by atoms with Crippen LogP contribution in [0.5, 0.6) is 0 Å². The summed E-state index contributed by atoms with van der Waals surface area (Å²) >= 11 is 0. The summed E-state index contributed by atoms with van der Waals surface area (Å²) in [5, 5.41) is 0. The normalized spacial score (nSPS) is 14.7. The monoisotopic (exact) mass is 780 g/mol. The second kappa shape index (κ2) is 15.7. The maximum Gasteiger partial charge on any atom is 0.0950 e. The summed E-state index contributed by atoms with van der Waals surface area (Å²) in [4.78, 5) is 14.0. The van der Waals surface area contributed by atoms with Crippen molar-refractivity contribution in [1.29, 1.82) is 0 Å². The Labute approximate surface area is 354 Å². The SMILES string of the molecule is CN1CN(c2ccc(C=Cc3cc(C=Cc4ccc(N5CN(C)c6ccccc65)cc4)cc(/C=C\c4ccc(N5CN(C)c6ccccc65)cc4)c3)cc2)c2ccccc21. The van der Waals surface area contributed by atoms with Crippen LogP contribution in [0.2, 0.25) is 0 Å². The van der Waals surface area contributed by atoms with Crippen LogP contribution in [0.25, 0.3) is 36.5 Å². The van der Waals surface area contributed by atoms with Gasteiger partial charge in [0.2, 0.25) is 0 Å². The number of para-hydroxylation sites is 6. The molecule has 7 aromatic rings. The first kappa shape index (κ1) is 36.9. The molecular weight excluding hydrogens is 733 g/mol. The van der Waals surface area contributed by atoms with Gasteiger partial charge in [0.1, 0.15) is 0 Å². The smallest absolute Gasteiger partial charge is 0.0950 e. The van der Waals surface area contributed by atoms with Gasteiger partial charge >= 0.3 is 0 Å². The average Bonchev–Trinajstić information content (AvgIpc) is 3.94. The standard InChI is InChI=1S/C54H48N6/c1-55-37-58(52-13-7-4-10-49(52)55)46-28-22-40(23-29-46)16-19-43-34-44(20-17-41-24-30-47(31-25-41)59-38-56(2)50-11-5-8-14-53(50)59)36-45(35-43)21-18-42-26-32-48(33-27-42)60-39-57(3)51-12-6-9-15-54(51)60/h4-36H,37-39H2,1-3H3/b19-16-,20-17?,21-18?. The van der Waals surface area contributed by atoms with Crippen LogP contribution in [0.15, 0.2) is 164 Å². The molecule has 3 heterocycles. The van der Waals surface area contributed by atoms with Gasteiger partial charge in [-0.15, -0.1) is 0 Å². The second-order valence-corrected chi connectivity index (χ2v) is 16.0. The van der Waals surface area contributed by atoms with Crippen LogP contribution < -0.4 is 29.4 Å². The minimum absolute atomic E-state index is 0.842. The minimum Gasteiger partial charge on any atom is -0.355 e. The molecule has 294 valence electrons. The quantitative estimate of drug-likeness (QED) is 0.135. The lowest BCUT2D eigenvalue weighted by Crippen LogP contribution is -2.23. The van der Waals surface area contributed by atoms with Crippen LogP contribution in [0.4, 0.5) is 51.2 Å². The molecule has 6 nitrogen and oxygen atoms in total. The first-order valence-corrected chi connectivity index (χ1v) is 20.7. The highest BCUT2D eigenvalue weighted by Gasteiger charge is 2.26. The van der Waals surface area contributed by atoms with Gasteiger partial charge in [0.05, 0.1) is 54.1 Å². The third-order valence-corrected chi connectivity index (χ3v) is 11.8. The predicted octanol–water partition coefficient (Wildman–Crippen LogP) is 12.8. The van der Waals surface area contributed by atoms with Gasteiger partial charge in [0.15, 0.2) is 0 Å².